The third-order valence-electron chi connectivity index (χ3n) is 5.82. The maximum absolute atomic E-state index is 4.37. The smallest absolute Gasteiger partial charge is 0.113 e. The van der Waals surface area contributed by atoms with Crippen LogP contribution in [0, 0.1) is 0 Å². The molecule has 0 saturated carbocycles. The van der Waals surface area contributed by atoms with E-state index >= 15 is 0 Å². The normalized spacial score (nSPS) is 12.8. The molecule has 7 rings (SSSR count). The van der Waals surface area contributed by atoms with Gasteiger partial charge in [-0.3, -0.25) is 0 Å². The molecule has 6 aromatic rings. The molecule has 158 valence electrons. The number of anilines is 2. The lowest BCUT2D eigenvalue weighted by Gasteiger charge is -2.29. The Hall–Kier alpha value is -3.74. The third-order valence-corrected chi connectivity index (χ3v) is 7.47. The lowest BCUT2D eigenvalue weighted by atomic mass is 10.2. The summed E-state index contributed by atoms with van der Waals surface area (Å²) in [6.45, 7) is 0. The van der Waals surface area contributed by atoms with Gasteiger partial charge in [0.05, 0.1) is 33.8 Å². The molecule has 2 aromatic heterocycles. The van der Waals surface area contributed by atoms with Crippen LogP contribution >= 0.6 is 21.2 Å². The van der Waals surface area contributed by atoms with Crippen LogP contribution in [0.1, 0.15) is 0 Å². The Balaban J connectivity index is 1.32. The number of nitrogens with zero attached hydrogens (tertiary/aromatic N) is 7. The molecule has 0 N–H and O–H groups in total. The zero-order valence-corrected chi connectivity index (χ0v) is 19.2. The van der Waals surface area contributed by atoms with E-state index in [1.165, 1.54) is 0 Å². The fourth-order valence-corrected chi connectivity index (χ4v) is 5.97. The van der Waals surface area contributed by atoms with Crippen molar-refractivity contribution < 1.29 is 0 Å². The summed E-state index contributed by atoms with van der Waals surface area (Å²) in [7, 11) is 2.84. The van der Waals surface area contributed by atoms with E-state index in [4.69, 9.17) is 0 Å². The molecular formula is C24H16N7PS. The first-order valence-corrected chi connectivity index (χ1v) is 11.7. The summed E-state index contributed by atoms with van der Waals surface area (Å²) >= 11 is 1.74. The van der Waals surface area contributed by atoms with Gasteiger partial charge in [0, 0.05) is 9.79 Å². The quantitative estimate of drug-likeness (QED) is 0.313. The summed E-state index contributed by atoms with van der Waals surface area (Å²) in [5.74, 6) is 0. The second-order valence-corrected chi connectivity index (χ2v) is 9.36. The van der Waals surface area contributed by atoms with Crippen molar-refractivity contribution in [3.63, 3.8) is 0 Å². The SMILES string of the molecule is PN1c2ccc(-n3nnc4ccccc43)cc2Sc2cc(-n3nnc4ccccc43)ccc21. The molecule has 0 amide bonds. The predicted octanol–water partition coefficient (Wildman–Crippen LogP) is 5.55. The van der Waals surface area contributed by atoms with Crippen LogP contribution in [0.3, 0.4) is 0 Å². The van der Waals surface area contributed by atoms with E-state index in [0.29, 0.717) is 0 Å². The van der Waals surface area contributed by atoms with Crippen LogP contribution in [-0.2, 0) is 0 Å². The van der Waals surface area contributed by atoms with E-state index in [9.17, 15) is 0 Å². The summed E-state index contributed by atoms with van der Waals surface area (Å²) in [5.41, 5.74) is 7.96. The van der Waals surface area contributed by atoms with Crippen molar-refractivity contribution in [1.82, 2.24) is 30.0 Å². The number of hydrogen-bond acceptors (Lipinski definition) is 6. The highest BCUT2D eigenvalue weighted by molar-refractivity contribution is 7.99. The fraction of sp³-hybridized carbons (Fsp3) is 0. The van der Waals surface area contributed by atoms with E-state index in [-0.39, 0.29) is 0 Å². The molecule has 1 aliphatic heterocycles. The van der Waals surface area contributed by atoms with E-state index in [0.717, 1.165) is 54.6 Å². The first-order valence-electron chi connectivity index (χ1n) is 10.4. The van der Waals surface area contributed by atoms with Crippen LogP contribution < -0.4 is 4.67 Å². The van der Waals surface area contributed by atoms with Gasteiger partial charge >= 0.3 is 0 Å². The average Bonchev–Trinajstić information content (AvgIpc) is 3.48. The Labute approximate surface area is 195 Å². The van der Waals surface area contributed by atoms with Crippen LogP contribution in [0.5, 0.6) is 0 Å². The summed E-state index contributed by atoms with van der Waals surface area (Å²) in [6.07, 6.45) is 0. The second kappa shape index (κ2) is 7.13. The summed E-state index contributed by atoms with van der Waals surface area (Å²) in [6, 6.07) is 28.7. The van der Waals surface area contributed by atoms with Gasteiger partial charge in [0.15, 0.2) is 0 Å². The van der Waals surface area contributed by atoms with E-state index in [1.54, 1.807) is 11.8 Å². The Morgan fingerprint density at radius 2 is 1.09 bits per heavy atom. The Bertz CT molecular complexity index is 1570. The number of para-hydroxylation sites is 2. The highest BCUT2D eigenvalue weighted by Gasteiger charge is 2.23. The van der Waals surface area contributed by atoms with Gasteiger partial charge in [-0.05, 0) is 70.1 Å². The first-order chi connectivity index (χ1) is 16.3. The van der Waals surface area contributed by atoms with Gasteiger partial charge < -0.3 is 4.67 Å². The van der Waals surface area contributed by atoms with Crippen molar-refractivity contribution in [2.75, 3.05) is 4.67 Å². The Morgan fingerprint density at radius 3 is 1.61 bits per heavy atom. The van der Waals surface area contributed by atoms with Gasteiger partial charge in [0.1, 0.15) is 11.0 Å². The standard InChI is InChI=1S/C24H16N7PS/c32-31-21-11-9-15(29-19-7-3-1-5-17(19)25-27-29)13-23(21)33-24-14-16(10-12-22(24)31)30-20-8-4-2-6-18(20)26-28-30/h1-14H,32H2. The predicted molar refractivity (Wildman–Crippen MR) is 134 cm³/mol. The Morgan fingerprint density at radius 1 is 0.606 bits per heavy atom. The molecule has 33 heavy (non-hydrogen) atoms. The van der Waals surface area contributed by atoms with Crippen molar-refractivity contribution in [2.45, 2.75) is 9.79 Å². The highest BCUT2D eigenvalue weighted by atomic mass is 32.2. The largest absolute Gasteiger partial charge is 0.324 e. The number of aromatic nitrogens is 6. The van der Waals surface area contributed by atoms with Gasteiger partial charge in [0.25, 0.3) is 0 Å². The molecule has 7 nitrogen and oxygen atoms in total. The zero-order chi connectivity index (χ0) is 21.9. The van der Waals surface area contributed by atoms with Crippen molar-refractivity contribution in [1.29, 1.82) is 0 Å². The van der Waals surface area contributed by atoms with Gasteiger partial charge in [-0.1, -0.05) is 46.5 Å². The molecular weight excluding hydrogens is 449 g/mol. The lowest BCUT2D eigenvalue weighted by Crippen LogP contribution is -2.09. The molecule has 4 aromatic carbocycles. The third kappa shape index (κ3) is 2.88. The molecule has 3 heterocycles. The lowest BCUT2D eigenvalue weighted by molar-refractivity contribution is 0.820. The first kappa shape index (κ1) is 18.8. The van der Waals surface area contributed by atoms with Gasteiger partial charge in [-0.25, -0.2) is 9.36 Å². The van der Waals surface area contributed by atoms with Crippen LogP contribution in [0.2, 0.25) is 0 Å². The number of benzene rings is 4. The Kier molecular flexibility index (Phi) is 4.06. The monoisotopic (exact) mass is 465 g/mol. The van der Waals surface area contributed by atoms with Gasteiger partial charge in [-0.2, -0.15) is 0 Å². The van der Waals surface area contributed by atoms with E-state index < -0.39 is 0 Å². The maximum atomic E-state index is 4.37. The summed E-state index contributed by atoms with van der Waals surface area (Å²) < 4.78 is 5.92. The summed E-state index contributed by atoms with van der Waals surface area (Å²) in [5, 5.41) is 17.3. The van der Waals surface area contributed by atoms with Crippen molar-refractivity contribution >= 4 is 54.6 Å². The maximum Gasteiger partial charge on any atom is 0.113 e. The van der Waals surface area contributed by atoms with E-state index in [1.807, 2.05) is 57.9 Å². The molecule has 9 heteroatoms. The van der Waals surface area contributed by atoms with Crippen molar-refractivity contribution in [3.05, 3.63) is 84.9 Å². The summed E-state index contributed by atoms with van der Waals surface area (Å²) in [4.78, 5) is 2.30. The minimum atomic E-state index is 0.880. The number of rotatable bonds is 2. The molecule has 0 aliphatic carbocycles. The fourth-order valence-electron chi connectivity index (χ4n) is 4.20. The van der Waals surface area contributed by atoms with E-state index in [2.05, 4.69) is 71.1 Å². The minimum absolute atomic E-state index is 0.880. The molecule has 1 unspecified atom stereocenters. The molecule has 0 fully saturated rings. The second-order valence-electron chi connectivity index (χ2n) is 7.76. The molecule has 1 aliphatic rings. The van der Waals surface area contributed by atoms with Gasteiger partial charge in [0.2, 0.25) is 0 Å². The van der Waals surface area contributed by atoms with Crippen molar-refractivity contribution in [2.24, 2.45) is 0 Å². The highest BCUT2D eigenvalue weighted by Crippen LogP contribution is 2.50. The molecule has 0 bridgehead atoms. The van der Waals surface area contributed by atoms with Crippen molar-refractivity contribution in [3.8, 4) is 11.4 Å². The van der Waals surface area contributed by atoms with Crippen LogP contribution in [-0.4, -0.2) is 30.0 Å². The molecule has 0 radical (unpaired) electrons. The minimum Gasteiger partial charge on any atom is -0.324 e. The number of hydrogen-bond donors (Lipinski definition) is 0. The van der Waals surface area contributed by atoms with Gasteiger partial charge in [-0.15, -0.1) is 10.2 Å². The average molecular weight is 465 g/mol. The topological polar surface area (TPSA) is 64.7 Å². The number of fused-ring (bicyclic) bond motifs is 4. The molecule has 1 atom stereocenters. The molecule has 0 spiro atoms. The van der Waals surface area contributed by atoms with Crippen LogP contribution in [0.4, 0.5) is 11.4 Å². The zero-order valence-electron chi connectivity index (χ0n) is 17.2. The molecule has 0 saturated heterocycles. The van der Waals surface area contributed by atoms with Crippen LogP contribution in [0.15, 0.2) is 94.7 Å². The van der Waals surface area contributed by atoms with Crippen LogP contribution in [0.25, 0.3) is 33.4 Å².